The lowest BCUT2D eigenvalue weighted by atomic mass is 10.1. The molecule has 132 valence electrons. The first kappa shape index (κ1) is 18.0. The zero-order valence-corrected chi connectivity index (χ0v) is 13.7. The molecule has 0 radical (unpaired) electrons. The van der Waals surface area contributed by atoms with Crippen molar-refractivity contribution in [2.24, 2.45) is 0 Å². The first-order valence-corrected chi connectivity index (χ1v) is 7.73. The number of amides is 1. The number of nitrogens with one attached hydrogen (secondary N) is 1. The molecule has 0 atom stereocenters. The van der Waals surface area contributed by atoms with Crippen LogP contribution in [0.15, 0.2) is 29.5 Å². The van der Waals surface area contributed by atoms with Crippen molar-refractivity contribution in [3.8, 4) is 11.5 Å². The summed E-state index contributed by atoms with van der Waals surface area (Å²) in [6.45, 7) is -0.113. The van der Waals surface area contributed by atoms with Crippen LogP contribution in [-0.2, 0) is 16.0 Å². The van der Waals surface area contributed by atoms with Crippen LogP contribution in [0, 0.1) is 0 Å². The number of ether oxygens (including phenoxy) is 3. The van der Waals surface area contributed by atoms with Crippen molar-refractivity contribution in [1.29, 1.82) is 0 Å². The van der Waals surface area contributed by atoms with Crippen LogP contribution < -0.4 is 14.8 Å². The van der Waals surface area contributed by atoms with Gasteiger partial charge in [-0.1, -0.05) is 6.07 Å². The van der Waals surface area contributed by atoms with Crippen LogP contribution in [0.4, 0.5) is 8.78 Å². The zero-order valence-electron chi connectivity index (χ0n) is 13.7. The first-order chi connectivity index (χ1) is 11.5. The van der Waals surface area contributed by atoms with E-state index in [1.807, 2.05) is 0 Å². The van der Waals surface area contributed by atoms with Crippen LogP contribution >= 0.6 is 0 Å². The molecular formula is C17H21F2NO4. The van der Waals surface area contributed by atoms with Gasteiger partial charge in [-0.3, -0.25) is 4.79 Å². The molecule has 1 aromatic carbocycles. The molecule has 24 heavy (non-hydrogen) atoms. The third-order valence-electron chi connectivity index (χ3n) is 3.73. The third kappa shape index (κ3) is 4.84. The summed E-state index contributed by atoms with van der Waals surface area (Å²) in [5, 5.41) is 2.82. The van der Waals surface area contributed by atoms with E-state index in [1.165, 1.54) is 13.2 Å². The Balaban J connectivity index is 1.93. The Kier molecular flexibility index (Phi) is 6.40. The Morgan fingerprint density at radius 3 is 2.83 bits per heavy atom. The highest BCUT2D eigenvalue weighted by Gasteiger charge is 2.17. The summed E-state index contributed by atoms with van der Waals surface area (Å²) in [5.41, 5.74) is 1.43. The van der Waals surface area contributed by atoms with E-state index in [2.05, 4.69) is 10.1 Å². The molecule has 0 unspecified atom stereocenters. The number of carbonyl (C=O) groups is 1. The van der Waals surface area contributed by atoms with Crippen molar-refractivity contribution in [3.63, 3.8) is 0 Å². The van der Waals surface area contributed by atoms with Gasteiger partial charge in [0.25, 0.3) is 5.91 Å². The van der Waals surface area contributed by atoms with Crippen LogP contribution in [0.1, 0.15) is 25.3 Å². The average molecular weight is 341 g/mol. The summed E-state index contributed by atoms with van der Waals surface area (Å²) in [6.07, 6.45) is 2.02. The molecule has 0 saturated carbocycles. The summed E-state index contributed by atoms with van der Waals surface area (Å²) in [6, 6.07) is 4.81. The van der Waals surface area contributed by atoms with E-state index in [4.69, 9.17) is 9.47 Å². The Bertz CT molecular complexity index is 617. The predicted octanol–water partition coefficient (Wildman–Crippen LogP) is 3.04. The molecule has 2 rings (SSSR count). The smallest absolute Gasteiger partial charge is 0.387 e. The molecule has 0 fully saturated rings. The van der Waals surface area contributed by atoms with Crippen LogP contribution in [0.5, 0.6) is 11.5 Å². The van der Waals surface area contributed by atoms with Gasteiger partial charge in [0.2, 0.25) is 0 Å². The van der Waals surface area contributed by atoms with E-state index in [9.17, 15) is 13.6 Å². The first-order valence-electron chi connectivity index (χ1n) is 7.73. The number of carbonyl (C=O) groups excluding carboxylic acids is 1. The summed E-state index contributed by atoms with van der Waals surface area (Å²) < 4.78 is 39.6. The van der Waals surface area contributed by atoms with Crippen molar-refractivity contribution in [2.75, 3.05) is 20.3 Å². The second kappa shape index (κ2) is 8.52. The van der Waals surface area contributed by atoms with Gasteiger partial charge in [-0.15, -0.1) is 0 Å². The summed E-state index contributed by atoms with van der Waals surface area (Å²) in [4.78, 5) is 12.1. The second-order valence-corrected chi connectivity index (χ2v) is 5.36. The predicted molar refractivity (Wildman–Crippen MR) is 84.2 cm³/mol. The minimum Gasteiger partial charge on any atom is -0.498 e. The van der Waals surface area contributed by atoms with Gasteiger partial charge in [0, 0.05) is 6.54 Å². The van der Waals surface area contributed by atoms with Gasteiger partial charge in [-0.05, 0) is 43.9 Å². The SMILES string of the molecule is COc1ccc(CCNC(=O)C2=C(C)OCCC2)cc1OC(F)F. The number of methoxy groups -OCH3 is 1. The van der Waals surface area contributed by atoms with Gasteiger partial charge >= 0.3 is 6.61 Å². The van der Waals surface area contributed by atoms with Gasteiger partial charge in [-0.2, -0.15) is 8.78 Å². The van der Waals surface area contributed by atoms with Crippen molar-refractivity contribution in [3.05, 3.63) is 35.1 Å². The normalized spacial score (nSPS) is 14.4. The maximum Gasteiger partial charge on any atom is 0.387 e. The monoisotopic (exact) mass is 341 g/mol. The molecule has 0 aromatic heterocycles. The van der Waals surface area contributed by atoms with Gasteiger partial charge in [0.15, 0.2) is 11.5 Å². The van der Waals surface area contributed by atoms with E-state index >= 15 is 0 Å². The number of alkyl halides is 2. The fourth-order valence-electron chi connectivity index (χ4n) is 2.50. The molecule has 1 aliphatic rings. The van der Waals surface area contributed by atoms with Gasteiger partial charge in [0.1, 0.15) is 5.76 Å². The lowest BCUT2D eigenvalue weighted by Gasteiger charge is -2.18. The standard InChI is InChI=1S/C17H21F2NO4/c1-11-13(4-3-9-23-11)16(21)20-8-7-12-5-6-14(22-2)15(10-12)24-17(18)19/h5-6,10,17H,3-4,7-9H2,1-2H3,(H,20,21). The molecule has 1 heterocycles. The van der Waals surface area contributed by atoms with Crippen molar-refractivity contribution < 1.29 is 27.8 Å². The maximum absolute atomic E-state index is 12.4. The van der Waals surface area contributed by atoms with Crippen molar-refractivity contribution in [2.45, 2.75) is 32.8 Å². The minimum absolute atomic E-state index is 0.0180. The van der Waals surface area contributed by atoms with Crippen LogP contribution in [0.2, 0.25) is 0 Å². The van der Waals surface area contributed by atoms with E-state index in [0.29, 0.717) is 37.3 Å². The molecule has 1 N–H and O–H groups in total. The number of hydrogen-bond acceptors (Lipinski definition) is 4. The van der Waals surface area contributed by atoms with Crippen LogP contribution in [0.3, 0.4) is 0 Å². The zero-order chi connectivity index (χ0) is 17.5. The molecule has 1 amide bonds. The highest BCUT2D eigenvalue weighted by Crippen LogP contribution is 2.29. The lowest BCUT2D eigenvalue weighted by molar-refractivity contribution is -0.118. The summed E-state index contributed by atoms with van der Waals surface area (Å²) >= 11 is 0. The Hall–Kier alpha value is -2.31. The van der Waals surface area contributed by atoms with Crippen LogP contribution in [-0.4, -0.2) is 32.8 Å². The van der Waals surface area contributed by atoms with E-state index in [1.54, 1.807) is 19.1 Å². The van der Waals surface area contributed by atoms with E-state index in [0.717, 1.165) is 12.0 Å². The van der Waals surface area contributed by atoms with E-state index in [-0.39, 0.29) is 17.4 Å². The number of benzene rings is 1. The highest BCUT2D eigenvalue weighted by molar-refractivity contribution is 5.93. The molecule has 0 aliphatic carbocycles. The minimum atomic E-state index is -2.92. The van der Waals surface area contributed by atoms with Crippen molar-refractivity contribution in [1.82, 2.24) is 5.32 Å². The fourth-order valence-corrected chi connectivity index (χ4v) is 2.50. The maximum atomic E-state index is 12.4. The molecule has 0 spiro atoms. The average Bonchev–Trinajstić information content (AvgIpc) is 2.55. The lowest BCUT2D eigenvalue weighted by Crippen LogP contribution is -2.29. The summed E-state index contributed by atoms with van der Waals surface area (Å²) in [7, 11) is 1.38. The van der Waals surface area contributed by atoms with E-state index < -0.39 is 6.61 Å². The number of hydrogen-bond donors (Lipinski definition) is 1. The van der Waals surface area contributed by atoms with Gasteiger partial charge < -0.3 is 19.5 Å². The molecule has 1 aromatic rings. The topological polar surface area (TPSA) is 56.8 Å². The quantitative estimate of drug-likeness (QED) is 0.828. The number of allylic oxidation sites excluding steroid dienone is 1. The fraction of sp³-hybridized carbons (Fsp3) is 0.471. The largest absolute Gasteiger partial charge is 0.498 e. The Labute approximate surface area is 139 Å². The molecule has 7 heteroatoms. The molecule has 0 bridgehead atoms. The summed E-state index contributed by atoms with van der Waals surface area (Å²) in [5.74, 6) is 0.736. The van der Waals surface area contributed by atoms with Gasteiger partial charge in [-0.25, -0.2) is 0 Å². The second-order valence-electron chi connectivity index (χ2n) is 5.36. The number of rotatable bonds is 7. The van der Waals surface area contributed by atoms with Gasteiger partial charge in [0.05, 0.1) is 19.3 Å². The Morgan fingerprint density at radius 1 is 1.38 bits per heavy atom. The molecular weight excluding hydrogens is 320 g/mol. The molecule has 5 nitrogen and oxygen atoms in total. The molecule has 1 aliphatic heterocycles. The number of halogens is 2. The highest BCUT2D eigenvalue weighted by atomic mass is 19.3. The Morgan fingerprint density at radius 2 is 2.17 bits per heavy atom. The molecule has 0 saturated heterocycles. The third-order valence-corrected chi connectivity index (χ3v) is 3.73. The van der Waals surface area contributed by atoms with Crippen molar-refractivity contribution >= 4 is 5.91 Å². The van der Waals surface area contributed by atoms with Crippen LogP contribution in [0.25, 0.3) is 0 Å².